The Morgan fingerprint density at radius 1 is 1.14 bits per heavy atom. The van der Waals surface area contributed by atoms with E-state index in [-0.39, 0.29) is 16.3 Å². The lowest BCUT2D eigenvalue weighted by atomic mass is 10.1. The second-order valence-corrected chi connectivity index (χ2v) is 8.86. The number of benzene rings is 2. The van der Waals surface area contributed by atoms with Gasteiger partial charge in [-0.05, 0) is 36.4 Å². The number of carbonyl (C=O) groups is 1. The summed E-state index contributed by atoms with van der Waals surface area (Å²) in [5, 5.41) is 15.5. The number of nitro groups is 1. The van der Waals surface area contributed by atoms with Crippen LogP contribution in [0.5, 0.6) is 0 Å². The summed E-state index contributed by atoms with van der Waals surface area (Å²) in [6, 6.07) is 11.6. The third kappa shape index (κ3) is 4.24. The van der Waals surface area contributed by atoms with E-state index in [1.807, 2.05) is 0 Å². The lowest BCUT2D eigenvalue weighted by Gasteiger charge is -2.04. The van der Waals surface area contributed by atoms with E-state index in [0.717, 1.165) is 0 Å². The zero-order chi connectivity index (χ0) is 20.3. The smallest absolute Gasteiger partial charge is 0.269 e. The highest BCUT2D eigenvalue weighted by Crippen LogP contribution is 2.26. The molecule has 1 heterocycles. The van der Waals surface area contributed by atoms with E-state index in [2.05, 4.69) is 10.3 Å². The lowest BCUT2D eigenvalue weighted by molar-refractivity contribution is -0.384. The van der Waals surface area contributed by atoms with Crippen LogP contribution in [-0.4, -0.2) is 30.0 Å². The van der Waals surface area contributed by atoms with Gasteiger partial charge in [0.25, 0.3) is 11.6 Å². The highest BCUT2D eigenvalue weighted by molar-refractivity contribution is 7.91. The Labute approximate surface area is 164 Å². The van der Waals surface area contributed by atoms with Crippen molar-refractivity contribution in [3.05, 3.63) is 69.6 Å². The van der Waals surface area contributed by atoms with Gasteiger partial charge in [-0.15, -0.1) is 11.3 Å². The number of non-ortho nitro benzene ring substituents is 1. The molecule has 10 heteroatoms. The molecular formula is C18H15N3O5S2. The van der Waals surface area contributed by atoms with Crippen molar-refractivity contribution in [2.24, 2.45) is 0 Å². The molecule has 0 saturated heterocycles. The summed E-state index contributed by atoms with van der Waals surface area (Å²) in [6.45, 7) is 1.56. The van der Waals surface area contributed by atoms with Gasteiger partial charge in [-0.2, -0.15) is 0 Å². The number of aromatic nitrogens is 1. The highest BCUT2D eigenvalue weighted by atomic mass is 32.2. The Morgan fingerprint density at radius 3 is 2.36 bits per heavy atom. The first-order valence-electron chi connectivity index (χ1n) is 8.14. The average Bonchev–Trinajstić information content (AvgIpc) is 3.16. The molecule has 3 rings (SSSR count). The molecule has 2 aromatic carbocycles. The number of rotatable bonds is 6. The molecule has 0 radical (unpaired) electrons. The third-order valence-corrected chi connectivity index (χ3v) is 6.46. The van der Waals surface area contributed by atoms with Crippen LogP contribution in [0.2, 0.25) is 0 Å². The van der Waals surface area contributed by atoms with E-state index in [9.17, 15) is 23.3 Å². The van der Waals surface area contributed by atoms with Crippen molar-refractivity contribution >= 4 is 37.9 Å². The minimum Gasteiger partial charge on any atom is -0.298 e. The summed E-state index contributed by atoms with van der Waals surface area (Å²) in [4.78, 5) is 27.1. The maximum absolute atomic E-state index is 12.3. The molecule has 1 amide bonds. The Kier molecular flexibility index (Phi) is 5.52. The standard InChI is InChI=1S/C18H15N3O5S2/c1-2-28(25,26)15-9-5-13(6-10-15)17(22)20-18-19-16(11-27-18)12-3-7-14(8-4-12)21(23)24/h3-11H,2H2,1H3,(H,19,20,22). The van der Waals surface area contributed by atoms with Crippen LogP contribution in [0.3, 0.4) is 0 Å². The van der Waals surface area contributed by atoms with Gasteiger partial charge >= 0.3 is 0 Å². The van der Waals surface area contributed by atoms with Gasteiger partial charge in [-0.3, -0.25) is 20.2 Å². The number of sulfone groups is 1. The lowest BCUT2D eigenvalue weighted by Crippen LogP contribution is -2.12. The second-order valence-electron chi connectivity index (χ2n) is 5.72. The quantitative estimate of drug-likeness (QED) is 0.482. The number of nitrogens with zero attached hydrogens (tertiary/aromatic N) is 2. The van der Waals surface area contributed by atoms with E-state index in [1.54, 1.807) is 24.4 Å². The Hall–Kier alpha value is -3.11. The summed E-state index contributed by atoms with van der Waals surface area (Å²) in [5.74, 6) is -0.423. The van der Waals surface area contributed by atoms with Crippen molar-refractivity contribution in [1.29, 1.82) is 0 Å². The summed E-state index contributed by atoms with van der Waals surface area (Å²) in [5.41, 5.74) is 1.57. The van der Waals surface area contributed by atoms with Gasteiger partial charge in [-0.25, -0.2) is 13.4 Å². The van der Waals surface area contributed by atoms with Crippen molar-refractivity contribution in [3.8, 4) is 11.3 Å². The molecule has 0 aliphatic carbocycles. The fraction of sp³-hybridized carbons (Fsp3) is 0.111. The van der Waals surface area contributed by atoms with Crippen LogP contribution in [0.4, 0.5) is 10.8 Å². The first-order valence-corrected chi connectivity index (χ1v) is 10.7. The maximum Gasteiger partial charge on any atom is 0.269 e. The Bertz CT molecular complexity index is 1120. The van der Waals surface area contributed by atoms with Gasteiger partial charge in [0.05, 0.1) is 21.3 Å². The molecule has 0 atom stereocenters. The first kappa shape index (κ1) is 19.6. The summed E-state index contributed by atoms with van der Waals surface area (Å²) in [6.07, 6.45) is 0. The molecule has 144 valence electrons. The molecule has 0 unspecified atom stereocenters. The maximum atomic E-state index is 12.3. The molecule has 1 N–H and O–H groups in total. The number of carbonyl (C=O) groups excluding carboxylic acids is 1. The number of nitro benzene ring substituents is 1. The molecule has 0 saturated carbocycles. The fourth-order valence-electron chi connectivity index (χ4n) is 2.37. The summed E-state index contributed by atoms with van der Waals surface area (Å²) >= 11 is 1.22. The molecule has 8 nitrogen and oxygen atoms in total. The topological polar surface area (TPSA) is 119 Å². The predicted octanol–water partition coefficient (Wildman–Crippen LogP) is 3.76. The second kappa shape index (κ2) is 7.87. The molecule has 0 aliphatic rings. The average molecular weight is 417 g/mol. The van der Waals surface area contributed by atoms with Gasteiger partial charge in [0.15, 0.2) is 15.0 Å². The minimum atomic E-state index is -3.32. The molecule has 0 spiro atoms. The molecule has 0 bridgehead atoms. The Morgan fingerprint density at radius 2 is 1.79 bits per heavy atom. The van der Waals surface area contributed by atoms with Crippen molar-refractivity contribution in [2.75, 3.05) is 11.1 Å². The van der Waals surface area contributed by atoms with Crippen LogP contribution in [0, 0.1) is 10.1 Å². The normalized spacial score (nSPS) is 11.2. The zero-order valence-electron chi connectivity index (χ0n) is 14.7. The number of hydrogen-bond acceptors (Lipinski definition) is 7. The number of hydrogen-bond donors (Lipinski definition) is 1. The van der Waals surface area contributed by atoms with Crippen molar-refractivity contribution in [3.63, 3.8) is 0 Å². The molecule has 0 fully saturated rings. The van der Waals surface area contributed by atoms with E-state index in [4.69, 9.17) is 0 Å². The number of thiazole rings is 1. The van der Waals surface area contributed by atoms with Crippen molar-refractivity contribution in [2.45, 2.75) is 11.8 Å². The number of amides is 1. The van der Waals surface area contributed by atoms with Crippen molar-refractivity contribution < 1.29 is 18.1 Å². The summed E-state index contributed by atoms with van der Waals surface area (Å²) < 4.78 is 23.6. The Balaban J connectivity index is 1.72. The van der Waals surface area contributed by atoms with Crippen LogP contribution in [0.15, 0.2) is 58.8 Å². The van der Waals surface area contributed by atoms with E-state index < -0.39 is 20.7 Å². The number of anilines is 1. The molecule has 1 aromatic heterocycles. The first-order chi connectivity index (χ1) is 13.3. The minimum absolute atomic E-state index is 0.0108. The van der Waals surface area contributed by atoms with Crippen LogP contribution in [-0.2, 0) is 9.84 Å². The van der Waals surface area contributed by atoms with E-state index >= 15 is 0 Å². The van der Waals surface area contributed by atoms with Gasteiger partial charge in [0.2, 0.25) is 0 Å². The number of nitrogens with one attached hydrogen (secondary N) is 1. The monoisotopic (exact) mass is 417 g/mol. The molecular weight excluding hydrogens is 402 g/mol. The van der Waals surface area contributed by atoms with Gasteiger partial charge in [-0.1, -0.05) is 6.92 Å². The molecule has 28 heavy (non-hydrogen) atoms. The predicted molar refractivity (Wildman–Crippen MR) is 106 cm³/mol. The van der Waals surface area contributed by atoms with Gasteiger partial charge < -0.3 is 0 Å². The molecule has 0 aliphatic heterocycles. The van der Waals surface area contributed by atoms with Crippen molar-refractivity contribution in [1.82, 2.24) is 4.98 Å². The summed E-state index contributed by atoms with van der Waals surface area (Å²) in [7, 11) is -3.32. The van der Waals surface area contributed by atoms with Crippen LogP contribution in [0.1, 0.15) is 17.3 Å². The van der Waals surface area contributed by atoms with Crippen LogP contribution in [0.25, 0.3) is 11.3 Å². The van der Waals surface area contributed by atoms with Gasteiger partial charge in [0, 0.05) is 28.6 Å². The van der Waals surface area contributed by atoms with E-state index in [0.29, 0.717) is 22.0 Å². The fourth-order valence-corrected chi connectivity index (χ4v) is 3.97. The SMILES string of the molecule is CCS(=O)(=O)c1ccc(C(=O)Nc2nc(-c3ccc([N+](=O)[O-])cc3)cs2)cc1. The zero-order valence-corrected chi connectivity index (χ0v) is 16.3. The van der Waals surface area contributed by atoms with Crippen LogP contribution >= 0.6 is 11.3 Å². The highest BCUT2D eigenvalue weighted by Gasteiger charge is 2.14. The largest absolute Gasteiger partial charge is 0.298 e. The van der Waals surface area contributed by atoms with E-state index in [1.165, 1.54) is 47.7 Å². The third-order valence-electron chi connectivity index (χ3n) is 3.95. The molecule has 3 aromatic rings. The van der Waals surface area contributed by atoms with Crippen LogP contribution < -0.4 is 5.32 Å². The van der Waals surface area contributed by atoms with Gasteiger partial charge in [0.1, 0.15) is 0 Å².